The Hall–Kier alpha value is -1.65. The summed E-state index contributed by atoms with van der Waals surface area (Å²) in [7, 11) is 0. The second-order valence-electron chi connectivity index (χ2n) is 7.36. The van der Waals surface area contributed by atoms with Crippen LogP contribution in [0.4, 0.5) is 11.8 Å². The Kier molecular flexibility index (Phi) is 3.38. The van der Waals surface area contributed by atoms with Gasteiger partial charge in [0.15, 0.2) is 5.78 Å². The molecule has 0 amide bonds. The highest BCUT2D eigenvalue weighted by atomic mass is 16.1. The minimum absolute atomic E-state index is 0.0443. The van der Waals surface area contributed by atoms with Gasteiger partial charge in [-0.15, -0.1) is 0 Å². The highest BCUT2D eigenvalue weighted by Crippen LogP contribution is 2.36. The van der Waals surface area contributed by atoms with Crippen LogP contribution >= 0.6 is 0 Å². The molecule has 3 rings (SSSR count). The second kappa shape index (κ2) is 4.97. The standard InChI is InChI=1S/C16H24N4O/c1-10-5-4-6-20(9-10)15-18-11-7-16(2,3)8-12(21)13(11)14(17)19-15/h10H,4-9H2,1-3H3,(H2,17,18,19). The molecular weight excluding hydrogens is 264 g/mol. The molecule has 0 radical (unpaired) electrons. The molecule has 21 heavy (non-hydrogen) atoms. The van der Waals surface area contributed by atoms with E-state index in [0.29, 0.717) is 29.7 Å². The maximum Gasteiger partial charge on any atom is 0.227 e. The zero-order chi connectivity index (χ0) is 15.2. The van der Waals surface area contributed by atoms with Crippen LogP contribution in [0, 0.1) is 11.3 Å². The number of carbonyl (C=O) groups excluding carboxylic acids is 1. The molecule has 1 aliphatic carbocycles. The van der Waals surface area contributed by atoms with E-state index >= 15 is 0 Å². The molecule has 1 aromatic heterocycles. The van der Waals surface area contributed by atoms with E-state index in [0.717, 1.165) is 31.6 Å². The van der Waals surface area contributed by atoms with Crippen molar-refractivity contribution in [2.45, 2.75) is 46.5 Å². The van der Waals surface area contributed by atoms with Crippen molar-refractivity contribution in [1.29, 1.82) is 0 Å². The lowest BCUT2D eigenvalue weighted by molar-refractivity contribution is 0.0911. The molecule has 2 N–H and O–H groups in total. The van der Waals surface area contributed by atoms with Gasteiger partial charge in [-0.1, -0.05) is 20.8 Å². The zero-order valence-electron chi connectivity index (χ0n) is 13.1. The molecule has 1 fully saturated rings. The Morgan fingerprint density at radius 2 is 2.05 bits per heavy atom. The molecule has 0 spiro atoms. The average Bonchev–Trinajstić information content (AvgIpc) is 2.35. The molecule has 114 valence electrons. The number of nitrogens with zero attached hydrogens (tertiary/aromatic N) is 3. The van der Waals surface area contributed by atoms with E-state index in [1.165, 1.54) is 6.42 Å². The summed E-state index contributed by atoms with van der Waals surface area (Å²) in [5, 5.41) is 0. The smallest absolute Gasteiger partial charge is 0.227 e. The van der Waals surface area contributed by atoms with Crippen molar-refractivity contribution in [3.05, 3.63) is 11.3 Å². The summed E-state index contributed by atoms with van der Waals surface area (Å²) in [6, 6.07) is 0. The number of nitrogens with two attached hydrogens (primary N) is 1. The van der Waals surface area contributed by atoms with Crippen molar-refractivity contribution >= 4 is 17.5 Å². The van der Waals surface area contributed by atoms with Gasteiger partial charge in [0.05, 0.1) is 11.3 Å². The Labute approximate surface area is 125 Å². The Balaban J connectivity index is 1.98. The number of carbonyl (C=O) groups is 1. The number of hydrogen-bond acceptors (Lipinski definition) is 5. The number of piperidine rings is 1. The summed E-state index contributed by atoms with van der Waals surface area (Å²) in [6.45, 7) is 8.40. The van der Waals surface area contributed by atoms with Crippen LogP contribution in [-0.2, 0) is 6.42 Å². The van der Waals surface area contributed by atoms with Gasteiger partial charge >= 0.3 is 0 Å². The van der Waals surface area contributed by atoms with E-state index in [4.69, 9.17) is 10.7 Å². The predicted molar refractivity (Wildman–Crippen MR) is 83.5 cm³/mol. The van der Waals surface area contributed by atoms with Crippen LogP contribution in [0.15, 0.2) is 0 Å². The topological polar surface area (TPSA) is 72.1 Å². The minimum Gasteiger partial charge on any atom is -0.383 e. The number of anilines is 2. The monoisotopic (exact) mass is 288 g/mol. The molecule has 5 heteroatoms. The van der Waals surface area contributed by atoms with E-state index in [1.54, 1.807) is 0 Å². The fourth-order valence-corrected chi connectivity index (χ4v) is 3.50. The number of hydrogen-bond donors (Lipinski definition) is 1. The molecule has 1 aromatic rings. The first-order chi connectivity index (χ1) is 9.85. The molecule has 0 saturated carbocycles. The average molecular weight is 288 g/mol. The fourth-order valence-electron chi connectivity index (χ4n) is 3.50. The summed E-state index contributed by atoms with van der Waals surface area (Å²) in [5.41, 5.74) is 7.41. The third-order valence-corrected chi connectivity index (χ3v) is 4.50. The van der Waals surface area contributed by atoms with Crippen LogP contribution in [0.5, 0.6) is 0 Å². The third-order valence-electron chi connectivity index (χ3n) is 4.50. The highest BCUT2D eigenvalue weighted by Gasteiger charge is 2.34. The van der Waals surface area contributed by atoms with Crippen molar-refractivity contribution in [3.63, 3.8) is 0 Å². The number of ketones is 1. The molecule has 0 aromatic carbocycles. The minimum atomic E-state index is -0.0443. The van der Waals surface area contributed by atoms with Gasteiger partial charge in [-0.25, -0.2) is 4.98 Å². The van der Waals surface area contributed by atoms with E-state index in [2.05, 4.69) is 30.7 Å². The van der Waals surface area contributed by atoms with E-state index < -0.39 is 0 Å². The van der Waals surface area contributed by atoms with Crippen molar-refractivity contribution < 1.29 is 4.79 Å². The molecule has 1 aliphatic heterocycles. The van der Waals surface area contributed by atoms with Crippen LogP contribution in [0.2, 0.25) is 0 Å². The molecule has 5 nitrogen and oxygen atoms in total. The van der Waals surface area contributed by atoms with E-state index in [1.807, 2.05) is 0 Å². The summed E-state index contributed by atoms with van der Waals surface area (Å²) in [5.74, 6) is 1.78. The molecule has 2 heterocycles. The molecule has 1 saturated heterocycles. The third kappa shape index (κ3) is 2.74. The van der Waals surface area contributed by atoms with Crippen molar-refractivity contribution in [2.24, 2.45) is 11.3 Å². The summed E-state index contributed by atoms with van der Waals surface area (Å²) < 4.78 is 0. The Bertz CT molecular complexity index is 582. The van der Waals surface area contributed by atoms with E-state index in [9.17, 15) is 4.79 Å². The van der Waals surface area contributed by atoms with Gasteiger partial charge in [-0.2, -0.15) is 4.98 Å². The van der Waals surface area contributed by atoms with Gasteiger partial charge in [0.1, 0.15) is 5.82 Å². The summed E-state index contributed by atoms with van der Waals surface area (Å²) in [4.78, 5) is 23.6. The largest absolute Gasteiger partial charge is 0.383 e. The first-order valence-corrected chi connectivity index (χ1v) is 7.80. The summed E-state index contributed by atoms with van der Waals surface area (Å²) >= 11 is 0. The SMILES string of the molecule is CC1CCCN(c2nc(N)c3c(n2)CC(C)(C)CC3=O)C1. The second-order valence-corrected chi connectivity index (χ2v) is 7.36. The number of aromatic nitrogens is 2. The summed E-state index contributed by atoms with van der Waals surface area (Å²) in [6.07, 6.45) is 3.72. The first-order valence-electron chi connectivity index (χ1n) is 7.80. The maximum absolute atomic E-state index is 12.3. The Morgan fingerprint density at radius 1 is 1.29 bits per heavy atom. The molecule has 2 aliphatic rings. The van der Waals surface area contributed by atoms with Gasteiger partial charge in [-0.05, 0) is 30.6 Å². The number of fused-ring (bicyclic) bond motifs is 1. The predicted octanol–water partition coefficient (Wildman–Crippen LogP) is 2.45. The van der Waals surface area contributed by atoms with Gasteiger partial charge in [0, 0.05) is 19.5 Å². The lowest BCUT2D eigenvalue weighted by Gasteiger charge is -2.33. The van der Waals surface area contributed by atoms with Crippen LogP contribution in [0.1, 0.15) is 56.1 Å². The van der Waals surface area contributed by atoms with Gasteiger partial charge in [-0.3, -0.25) is 4.79 Å². The van der Waals surface area contributed by atoms with Crippen LogP contribution in [-0.4, -0.2) is 28.8 Å². The quantitative estimate of drug-likeness (QED) is 0.859. The van der Waals surface area contributed by atoms with Crippen LogP contribution in [0.25, 0.3) is 0 Å². The normalized spacial score (nSPS) is 24.8. The molecule has 1 unspecified atom stereocenters. The maximum atomic E-state index is 12.3. The molecule has 0 bridgehead atoms. The van der Waals surface area contributed by atoms with E-state index in [-0.39, 0.29) is 11.2 Å². The number of Topliss-reactive ketones (excluding diaryl/α,β-unsaturated/α-hetero) is 1. The van der Waals surface area contributed by atoms with Crippen molar-refractivity contribution in [2.75, 3.05) is 23.7 Å². The van der Waals surface area contributed by atoms with Crippen molar-refractivity contribution in [1.82, 2.24) is 9.97 Å². The lowest BCUT2D eigenvalue weighted by Crippen LogP contribution is -2.37. The van der Waals surface area contributed by atoms with Crippen LogP contribution < -0.4 is 10.6 Å². The fraction of sp³-hybridized carbons (Fsp3) is 0.688. The highest BCUT2D eigenvalue weighted by molar-refractivity contribution is 6.02. The van der Waals surface area contributed by atoms with Gasteiger partial charge in [0.2, 0.25) is 5.95 Å². The molecular formula is C16H24N4O. The number of nitrogen functional groups attached to an aromatic ring is 1. The zero-order valence-corrected chi connectivity index (χ0v) is 13.1. The van der Waals surface area contributed by atoms with Crippen molar-refractivity contribution in [3.8, 4) is 0 Å². The Morgan fingerprint density at radius 3 is 2.76 bits per heavy atom. The van der Waals surface area contributed by atoms with Gasteiger partial charge in [0.25, 0.3) is 0 Å². The molecule has 1 atom stereocenters. The van der Waals surface area contributed by atoms with Gasteiger partial charge < -0.3 is 10.6 Å². The van der Waals surface area contributed by atoms with Crippen LogP contribution in [0.3, 0.4) is 0 Å². The number of rotatable bonds is 1. The lowest BCUT2D eigenvalue weighted by atomic mass is 9.76. The first kappa shape index (κ1) is 14.3.